The molecule has 0 bridgehead atoms. The summed E-state index contributed by atoms with van der Waals surface area (Å²) in [5.41, 5.74) is 1.06. The molecule has 0 unspecified atom stereocenters. The van der Waals surface area contributed by atoms with E-state index in [4.69, 9.17) is 9.47 Å². The fraction of sp³-hybridized carbons (Fsp3) is 0.467. The third-order valence-corrected chi connectivity index (χ3v) is 2.71. The number of hydrogen-bond donors (Lipinski definition) is 2. The molecule has 0 atom stereocenters. The summed E-state index contributed by atoms with van der Waals surface area (Å²) in [6.07, 6.45) is 1.01. The van der Waals surface area contributed by atoms with Crippen LogP contribution in [0.3, 0.4) is 0 Å². The average Bonchev–Trinajstić information content (AvgIpc) is 2.45. The molecule has 116 valence electrons. The summed E-state index contributed by atoms with van der Waals surface area (Å²) in [4.78, 5) is 23.1. The largest absolute Gasteiger partial charge is 0.497 e. The van der Waals surface area contributed by atoms with Crippen molar-refractivity contribution in [3.63, 3.8) is 0 Å². The SMILES string of the molecule is CCOCCCC(=O)Nc1cc(OC)ccc1NC(C)=O. The van der Waals surface area contributed by atoms with Gasteiger partial charge in [0.1, 0.15) is 5.75 Å². The Bertz CT molecular complexity index is 489. The van der Waals surface area contributed by atoms with Crippen molar-refractivity contribution >= 4 is 23.2 Å². The first-order valence-corrected chi connectivity index (χ1v) is 6.90. The normalized spacial score (nSPS) is 10.0. The quantitative estimate of drug-likeness (QED) is 0.722. The first kappa shape index (κ1) is 17.0. The highest BCUT2D eigenvalue weighted by Crippen LogP contribution is 2.27. The van der Waals surface area contributed by atoms with E-state index in [9.17, 15) is 9.59 Å². The van der Waals surface area contributed by atoms with Crippen molar-refractivity contribution < 1.29 is 19.1 Å². The lowest BCUT2D eigenvalue weighted by Crippen LogP contribution is -2.15. The van der Waals surface area contributed by atoms with E-state index in [1.807, 2.05) is 6.92 Å². The van der Waals surface area contributed by atoms with Gasteiger partial charge in [0.15, 0.2) is 0 Å². The number of anilines is 2. The molecular weight excluding hydrogens is 272 g/mol. The minimum Gasteiger partial charge on any atom is -0.497 e. The molecule has 6 heteroatoms. The van der Waals surface area contributed by atoms with Crippen LogP contribution in [0.1, 0.15) is 26.7 Å². The maximum atomic E-state index is 11.9. The Morgan fingerprint density at radius 1 is 1.19 bits per heavy atom. The van der Waals surface area contributed by atoms with Crippen molar-refractivity contribution in [3.05, 3.63) is 18.2 Å². The minimum atomic E-state index is -0.202. The topological polar surface area (TPSA) is 76.7 Å². The van der Waals surface area contributed by atoms with E-state index in [0.717, 1.165) is 0 Å². The lowest BCUT2D eigenvalue weighted by atomic mass is 10.2. The van der Waals surface area contributed by atoms with Crippen LogP contribution in [-0.4, -0.2) is 32.1 Å². The highest BCUT2D eigenvalue weighted by Gasteiger charge is 2.09. The van der Waals surface area contributed by atoms with Gasteiger partial charge in [0.25, 0.3) is 0 Å². The van der Waals surface area contributed by atoms with Gasteiger partial charge in [-0.2, -0.15) is 0 Å². The Balaban J connectivity index is 2.69. The van der Waals surface area contributed by atoms with Gasteiger partial charge in [-0.25, -0.2) is 0 Å². The number of hydrogen-bond acceptors (Lipinski definition) is 4. The molecule has 0 aromatic heterocycles. The molecule has 21 heavy (non-hydrogen) atoms. The maximum absolute atomic E-state index is 11.9. The first-order valence-electron chi connectivity index (χ1n) is 6.90. The highest BCUT2D eigenvalue weighted by molar-refractivity contribution is 5.99. The van der Waals surface area contributed by atoms with E-state index in [1.165, 1.54) is 6.92 Å². The molecule has 0 saturated heterocycles. The van der Waals surface area contributed by atoms with Gasteiger partial charge in [-0.1, -0.05) is 0 Å². The minimum absolute atomic E-state index is 0.130. The van der Waals surface area contributed by atoms with Crippen LogP contribution >= 0.6 is 0 Å². The molecule has 1 rings (SSSR count). The summed E-state index contributed by atoms with van der Waals surface area (Å²) in [5, 5.41) is 5.45. The molecule has 0 fully saturated rings. The molecule has 0 saturated carbocycles. The Labute approximate surface area is 124 Å². The lowest BCUT2D eigenvalue weighted by molar-refractivity contribution is -0.116. The predicted octanol–water partition coefficient (Wildman–Crippen LogP) is 2.41. The van der Waals surface area contributed by atoms with Gasteiger partial charge in [-0.05, 0) is 25.5 Å². The van der Waals surface area contributed by atoms with Crippen LogP contribution in [0.2, 0.25) is 0 Å². The van der Waals surface area contributed by atoms with E-state index in [-0.39, 0.29) is 11.8 Å². The van der Waals surface area contributed by atoms with Crippen LogP contribution < -0.4 is 15.4 Å². The molecule has 0 spiro atoms. The second-order valence-corrected chi connectivity index (χ2v) is 4.44. The Morgan fingerprint density at radius 2 is 1.95 bits per heavy atom. The number of carbonyl (C=O) groups excluding carboxylic acids is 2. The molecule has 6 nitrogen and oxygen atoms in total. The van der Waals surface area contributed by atoms with Gasteiger partial charge < -0.3 is 20.1 Å². The second-order valence-electron chi connectivity index (χ2n) is 4.44. The van der Waals surface area contributed by atoms with Crippen molar-refractivity contribution in [1.29, 1.82) is 0 Å². The van der Waals surface area contributed by atoms with Gasteiger partial charge >= 0.3 is 0 Å². The van der Waals surface area contributed by atoms with E-state index in [0.29, 0.717) is 43.2 Å². The molecule has 1 aromatic rings. The van der Waals surface area contributed by atoms with E-state index >= 15 is 0 Å². The zero-order chi connectivity index (χ0) is 15.7. The van der Waals surface area contributed by atoms with Gasteiger partial charge in [0.2, 0.25) is 11.8 Å². The Hall–Kier alpha value is -2.08. The van der Waals surface area contributed by atoms with Gasteiger partial charge in [-0.15, -0.1) is 0 Å². The van der Waals surface area contributed by atoms with E-state index < -0.39 is 0 Å². The van der Waals surface area contributed by atoms with Crippen LogP contribution in [0.25, 0.3) is 0 Å². The summed E-state index contributed by atoms with van der Waals surface area (Å²) >= 11 is 0. The van der Waals surface area contributed by atoms with Crippen LogP contribution in [0.5, 0.6) is 5.75 Å². The van der Waals surface area contributed by atoms with Crippen molar-refractivity contribution in [2.45, 2.75) is 26.7 Å². The fourth-order valence-electron chi connectivity index (χ4n) is 1.74. The Kier molecular flexibility index (Phi) is 7.25. The molecular formula is C15H22N2O4. The fourth-order valence-corrected chi connectivity index (χ4v) is 1.74. The number of amides is 2. The molecule has 0 aliphatic carbocycles. The first-order chi connectivity index (χ1) is 10.1. The number of benzene rings is 1. The second kappa shape index (κ2) is 8.97. The highest BCUT2D eigenvalue weighted by atomic mass is 16.5. The van der Waals surface area contributed by atoms with Crippen molar-refractivity contribution in [1.82, 2.24) is 0 Å². The summed E-state index contributed by atoms with van der Waals surface area (Å²) in [5.74, 6) is 0.273. The van der Waals surface area contributed by atoms with Crippen molar-refractivity contribution in [2.24, 2.45) is 0 Å². The third kappa shape index (κ3) is 6.27. The van der Waals surface area contributed by atoms with Crippen molar-refractivity contribution in [3.8, 4) is 5.75 Å². The maximum Gasteiger partial charge on any atom is 0.224 e. The van der Waals surface area contributed by atoms with Crippen LogP contribution in [0.4, 0.5) is 11.4 Å². The van der Waals surface area contributed by atoms with E-state index in [1.54, 1.807) is 25.3 Å². The number of nitrogens with one attached hydrogen (secondary N) is 2. The smallest absolute Gasteiger partial charge is 0.224 e. The zero-order valence-electron chi connectivity index (χ0n) is 12.7. The molecule has 2 amide bonds. The number of rotatable bonds is 8. The summed E-state index contributed by atoms with van der Waals surface area (Å²) in [6.45, 7) is 4.53. The standard InChI is InChI=1S/C15H22N2O4/c1-4-21-9-5-6-15(19)17-14-10-12(20-3)7-8-13(14)16-11(2)18/h7-8,10H,4-6,9H2,1-3H3,(H,16,18)(H,17,19). The number of carbonyl (C=O) groups is 2. The average molecular weight is 294 g/mol. The summed E-state index contributed by atoms with van der Waals surface area (Å²) in [6, 6.07) is 5.08. The molecule has 2 N–H and O–H groups in total. The third-order valence-electron chi connectivity index (χ3n) is 2.71. The molecule has 0 aliphatic heterocycles. The van der Waals surface area contributed by atoms with Gasteiger partial charge in [0.05, 0.1) is 18.5 Å². The predicted molar refractivity (Wildman–Crippen MR) is 81.7 cm³/mol. The summed E-state index contributed by atoms with van der Waals surface area (Å²) < 4.78 is 10.3. The van der Waals surface area contributed by atoms with Crippen LogP contribution in [-0.2, 0) is 14.3 Å². The van der Waals surface area contributed by atoms with Crippen LogP contribution in [0.15, 0.2) is 18.2 Å². The van der Waals surface area contributed by atoms with E-state index in [2.05, 4.69) is 10.6 Å². The lowest BCUT2D eigenvalue weighted by Gasteiger charge is -2.13. The molecule has 1 aromatic carbocycles. The number of methoxy groups -OCH3 is 1. The number of ether oxygens (including phenoxy) is 2. The monoisotopic (exact) mass is 294 g/mol. The van der Waals surface area contributed by atoms with Crippen molar-refractivity contribution in [2.75, 3.05) is 31.0 Å². The van der Waals surface area contributed by atoms with Crippen LogP contribution in [0, 0.1) is 0 Å². The summed E-state index contributed by atoms with van der Waals surface area (Å²) in [7, 11) is 1.54. The van der Waals surface area contributed by atoms with Gasteiger partial charge in [0, 0.05) is 32.6 Å². The molecule has 0 aliphatic rings. The molecule has 0 heterocycles. The molecule has 0 radical (unpaired) electrons. The van der Waals surface area contributed by atoms with Gasteiger partial charge in [-0.3, -0.25) is 9.59 Å². The Morgan fingerprint density at radius 3 is 2.57 bits per heavy atom. The zero-order valence-corrected chi connectivity index (χ0v) is 12.7.